The minimum atomic E-state index is -0.781. The molecule has 0 heterocycles. The molecule has 7 nitrogen and oxygen atoms in total. The Kier molecular flexibility index (Phi) is 4.36. The number of nitrogens with two attached hydrogens (primary N) is 1. The molecule has 0 saturated carbocycles. The molecule has 0 fully saturated rings. The molecule has 1 atom stereocenters. The molecule has 0 aliphatic rings. The number of carbonyl (C=O) groups is 2. The number of rotatable bonds is 5. The van der Waals surface area contributed by atoms with E-state index >= 15 is 0 Å². The van der Waals surface area contributed by atoms with Gasteiger partial charge in [0, 0.05) is 17.7 Å². The Hall–Kier alpha value is -2.44. The molecule has 0 radical (unpaired) electrons. The van der Waals surface area contributed by atoms with E-state index < -0.39 is 22.8 Å². The van der Waals surface area contributed by atoms with Gasteiger partial charge in [-0.3, -0.25) is 19.7 Å². The second kappa shape index (κ2) is 5.76. The second-order valence-corrected chi connectivity index (χ2v) is 3.64. The van der Waals surface area contributed by atoms with Crippen molar-refractivity contribution in [3.05, 3.63) is 39.9 Å². The first-order valence-electron chi connectivity index (χ1n) is 5.30. The summed E-state index contributed by atoms with van der Waals surface area (Å²) in [5.41, 5.74) is 5.02. The van der Waals surface area contributed by atoms with Gasteiger partial charge in [0.05, 0.1) is 4.92 Å². The van der Waals surface area contributed by atoms with Gasteiger partial charge in [-0.15, -0.1) is 0 Å². The maximum Gasteiger partial charge on any atom is 0.270 e. The summed E-state index contributed by atoms with van der Waals surface area (Å²) in [5, 5.41) is 13.0. The number of nitro benzene ring substituents is 1. The van der Waals surface area contributed by atoms with Gasteiger partial charge in [0.15, 0.2) is 0 Å². The lowest BCUT2D eigenvalue weighted by Crippen LogP contribution is -2.43. The molecule has 0 bridgehead atoms. The number of benzene rings is 1. The third kappa shape index (κ3) is 3.27. The van der Waals surface area contributed by atoms with Gasteiger partial charge in [0.1, 0.15) is 6.04 Å². The van der Waals surface area contributed by atoms with Crippen LogP contribution in [0.5, 0.6) is 0 Å². The number of primary amides is 1. The van der Waals surface area contributed by atoms with Crippen LogP contribution in [0, 0.1) is 10.1 Å². The smallest absolute Gasteiger partial charge is 0.270 e. The SMILES string of the molecule is CC[C@@H](NC(=O)c1cccc([N+](=O)[O-])c1)C(N)=O. The highest BCUT2D eigenvalue weighted by Gasteiger charge is 2.18. The zero-order valence-corrected chi connectivity index (χ0v) is 9.75. The fraction of sp³-hybridized carbons (Fsp3) is 0.273. The van der Waals surface area contributed by atoms with Gasteiger partial charge in [-0.2, -0.15) is 0 Å². The van der Waals surface area contributed by atoms with Gasteiger partial charge in [-0.05, 0) is 12.5 Å². The predicted molar refractivity (Wildman–Crippen MR) is 63.8 cm³/mol. The van der Waals surface area contributed by atoms with Crippen molar-refractivity contribution < 1.29 is 14.5 Å². The van der Waals surface area contributed by atoms with Crippen molar-refractivity contribution in [3.8, 4) is 0 Å². The van der Waals surface area contributed by atoms with Crippen LogP contribution >= 0.6 is 0 Å². The van der Waals surface area contributed by atoms with E-state index in [1.807, 2.05) is 0 Å². The quantitative estimate of drug-likeness (QED) is 0.588. The monoisotopic (exact) mass is 251 g/mol. The Labute approximate surface area is 103 Å². The van der Waals surface area contributed by atoms with Crippen LogP contribution in [0.4, 0.5) is 5.69 Å². The standard InChI is InChI=1S/C11H13N3O4/c1-2-9(10(12)15)13-11(16)7-4-3-5-8(6-7)14(17)18/h3-6,9H,2H2,1H3,(H2,12,15)(H,13,16)/t9-/m1/s1. The Balaban J connectivity index is 2.87. The van der Waals surface area contributed by atoms with Crippen LogP contribution in [0.2, 0.25) is 0 Å². The van der Waals surface area contributed by atoms with Crippen molar-refractivity contribution in [2.24, 2.45) is 5.73 Å². The Morgan fingerprint density at radius 1 is 1.50 bits per heavy atom. The minimum Gasteiger partial charge on any atom is -0.368 e. The van der Waals surface area contributed by atoms with Crippen LogP contribution in [-0.4, -0.2) is 22.8 Å². The maximum atomic E-state index is 11.8. The molecule has 96 valence electrons. The largest absolute Gasteiger partial charge is 0.368 e. The van der Waals surface area contributed by atoms with Gasteiger partial charge >= 0.3 is 0 Å². The highest BCUT2D eigenvalue weighted by Crippen LogP contribution is 2.13. The zero-order valence-electron chi connectivity index (χ0n) is 9.75. The molecule has 1 aromatic carbocycles. The van der Waals surface area contributed by atoms with Crippen molar-refractivity contribution in [1.82, 2.24) is 5.32 Å². The van der Waals surface area contributed by atoms with E-state index in [1.165, 1.54) is 18.2 Å². The second-order valence-electron chi connectivity index (χ2n) is 3.64. The zero-order chi connectivity index (χ0) is 13.7. The summed E-state index contributed by atoms with van der Waals surface area (Å²) < 4.78 is 0. The van der Waals surface area contributed by atoms with Gasteiger partial charge in [-0.1, -0.05) is 13.0 Å². The highest BCUT2D eigenvalue weighted by molar-refractivity contribution is 5.97. The Bertz CT molecular complexity index is 487. The lowest BCUT2D eigenvalue weighted by atomic mass is 10.1. The van der Waals surface area contributed by atoms with E-state index in [4.69, 9.17) is 5.73 Å². The summed E-state index contributed by atoms with van der Waals surface area (Å²) in [6.07, 6.45) is 0.357. The van der Waals surface area contributed by atoms with E-state index in [0.29, 0.717) is 6.42 Å². The first kappa shape index (κ1) is 13.6. The van der Waals surface area contributed by atoms with Crippen molar-refractivity contribution in [1.29, 1.82) is 0 Å². The van der Waals surface area contributed by atoms with Crippen molar-refractivity contribution in [2.75, 3.05) is 0 Å². The van der Waals surface area contributed by atoms with Crippen LogP contribution < -0.4 is 11.1 Å². The number of nitro groups is 1. The molecule has 0 aromatic heterocycles. The third-order valence-electron chi connectivity index (χ3n) is 2.38. The number of nitrogens with zero attached hydrogens (tertiary/aromatic N) is 1. The molecule has 0 aliphatic heterocycles. The molecule has 0 aliphatic carbocycles. The van der Waals surface area contributed by atoms with Crippen LogP contribution in [0.1, 0.15) is 23.7 Å². The Morgan fingerprint density at radius 3 is 2.67 bits per heavy atom. The molecule has 7 heteroatoms. The lowest BCUT2D eigenvalue weighted by Gasteiger charge is -2.12. The minimum absolute atomic E-state index is 0.115. The number of hydrogen-bond donors (Lipinski definition) is 2. The number of amides is 2. The molecular formula is C11H13N3O4. The van der Waals surface area contributed by atoms with E-state index in [0.717, 1.165) is 6.07 Å². The summed E-state index contributed by atoms with van der Waals surface area (Å²) in [6, 6.07) is 4.47. The average molecular weight is 251 g/mol. The van der Waals surface area contributed by atoms with E-state index in [1.54, 1.807) is 6.92 Å². The molecule has 0 unspecified atom stereocenters. The maximum absolute atomic E-state index is 11.8. The topological polar surface area (TPSA) is 115 Å². The van der Waals surface area contributed by atoms with Gasteiger partial charge < -0.3 is 11.1 Å². The number of nitrogens with one attached hydrogen (secondary N) is 1. The lowest BCUT2D eigenvalue weighted by molar-refractivity contribution is -0.384. The summed E-state index contributed by atoms with van der Waals surface area (Å²) in [5.74, 6) is -1.21. The predicted octanol–water partition coefficient (Wildman–Crippen LogP) is 0.589. The van der Waals surface area contributed by atoms with Gasteiger partial charge in [-0.25, -0.2) is 0 Å². The molecule has 1 aromatic rings. The summed E-state index contributed by atoms with van der Waals surface area (Å²) in [6.45, 7) is 1.70. The third-order valence-corrected chi connectivity index (χ3v) is 2.38. The van der Waals surface area contributed by atoms with Crippen molar-refractivity contribution in [3.63, 3.8) is 0 Å². The van der Waals surface area contributed by atoms with Crippen LogP contribution in [0.25, 0.3) is 0 Å². The average Bonchev–Trinajstić information content (AvgIpc) is 2.35. The summed E-state index contributed by atoms with van der Waals surface area (Å²) in [4.78, 5) is 32.7. The normalized spacial score (nSPS) is 11.6. The summed E-state index contributed by atoms with van der Waals surface area (Å²) in [7, 11) is 0. The van der Waals surface area contributed by atoms with Crippen molar-refractivity contribution >= 4 is 17.5 Å². The molecular weight excluding hydrogens is 238 g/mol. The van der Waals surface area contributed by atoms with Crippen LogP contribution in [-0.2, 0) is 4.79 Å². The Morgan fingerprint density at radius 2 is 2.17 bits per heavy atom. The van der Waals surface area contributed by atoms with Crippen LogP contribution in [0.15, 0.2) is 24.3 Å². The number of non-ortho nitro benzene ring substituents is 1. The first-order chi connectivity index (χ1) is 8.45. The van der Waals surface area contributed by atoms with E-state index in [-0.39, 0.29) is 11.3 Å². The van der Waals surface area contributed by atoms with Gasteiger partial charge in [0.25, 0.3) is 11.6 Å². The molecule has 0 saturated heterocycles. The van der Waals surface area contributed by atoms with Crippen molar-refractivity contribution in [2.45, 2.75) is 19.4 Å². The van der Waals surface area contributed by atoms with Gasteiger partial charge in [0.2, 0.25) is 5.91 Å². The fourth-order valence-corrected chi connectivity index (χ4v) is 1.38. The number of hydrogen-bond acceptors (Lipinski definition) is 4. The molecule has 3 N–H and O–H groups in total. The molecule has 2 amide bonds. The number of carbonyl (C=O) groups excluding carboxylic acids is 2. The molecule has 18 heavy (non-hydrogen) atoms. The summed E-state index contributed by atoms with van der Waals surface area (Å²) >= 11 is 0. The molecule has 1 rings (SSSR count). The first-order valence-corrected chi connectivity index (χ1v) is 5.30. The van der Waals surface area contributed by atoms with Crippen LogP contribution in [0.3, 0.4) is 0 Å². The van der Waals surface area contributed by atoms with E-state index in [9.17, 15) is 19.7 Å². The molecule has 0 spiro atoms. The highest BCUT2D eigenvalue weighted by atomic mass is 16.6. The van der Waals surface area contributed by atoms with E-state index in [2.05, 4.69) is 5.32 Å². The fourth-order valence-electron chi connectivity index (χ4n) is 1.38.